The Kier molecular flexibility index (Phi) is 5.05. The van der Waals surface area contributed by atoms with E-state index in [2.05, 4.69) is 28.3 Å². The molecule has 0 aliphatic heterocycles. The largest absolute Gasteiger partial charge is 0.338 e. The van der Waals surface area contributed by atoms with Gasteiger partial charge in [-0.2, -0.15) is 0 Å². The molecular formula is C21H18ClN3O. The van der Waals surface area contributed by atoms with E-state index in [9.17, 15) is 4.79 Å². The van der Waals surface area contributed by atoms with Crippen molar-refractivity contribution in [3.8, 4) is 11.4 Å². The molecule has 0 atom stereocenters. The van der Waals surface area contributed by atoms with Crippen LogP contribution in [0, 0.1) is 6.92 Å². The molecule has 0 aliphatic carbocycles. The number of fused-ring (bicyclic) bond motifs is 1. The minimum atomic E-state index is -0.127. The van der Waals surface area contributed by atoms with Crippen LogP contribution in [-0.4, -0.2) is 15.9 Å². The quantitative estimate of drug-likeness (QED) is 0.524. The molecule has 0 saturated carbocycles. The van der Waals surface area contributed by atoms with Gasteiger partial charge in [0.1, 0.15) is 5.82 Å². The summed E-state index contributed by atoms with van der Waals surface area (Å²) in [7, 11) is 0. The zero-order valence-electron chi connectivity index (χ0n) is 14.2. The molecule has 0 fully saturated rings. The lowest BCUT2D eigenvalue weighted by atomic mass is 10.1. The van der Waals surface area contributed by atoms with Crippen LogP contribution < -0.4 is 5.32 Å². The van der Waals surface area contributed by atoms with Gasteiger partial charge in [0, 0.05) is 16.8 Å². The Morgan fingerprint density at radius 2 is 1.77 bits per heavy atom. The molecule has 5 heteroatoms. The fraction of sp³-hybridized carbons (Fsp3) is 0.0476. The smallest absolute Gasteiger partial charge is 0.255 e. The zero-order valence-corrected chi connectivity index (χ0v) is 15.0. The number of aromatic nitrogens is 2. The second-order valence-corrected chi connectivity index (χ2v) is 6.01. The SMILES string of the molecule is Cc1ccc2nc(-c3cccc(NC(=O)c4ccccc4)c3)[nH]c2c1.Cl. The summed E-state index contributed by atoms with van der Waals surface area (Å²) in [4.78, 5) is 20.3. The number of aromatic amines is 1. The number of aryl methyl sites for hydroxylation is 1. The molecule has 1 amide bonds. The number of hydrogen-bond acceptors (Lipinski definition) is 2. The minimum absolute atomic E-state index is 0. The Balaban J connectivity index is 0.00000196. The highest BCUT2D eigenvalue weighted by Gasteiger charge is 2.08. The topological polar surface area (TPSA) is 57.8 Å². The molecule has 0 aliphatic rings. The molecule has 0 radical (unpaired) electrons. The third-order valence-corrected chi connectivity index (χ3v) is 4.07. The number of imidazole rings is 1. The molecule has 0 spiro atoms. The fourth-order valence-electron chi connectivity index (χ4n) is 2.80. The van der Waals surface area contributed by atoms with Gasteiger partial charge in [0.15, 0.2) is 0 Å². The van der Waals surface area contributed by atoms with Crippen LogP contribution in [-0.2, 0) is 0 Å². The summed E-state index contributed by atoms with van der Waals surface area (Å²) in [5.74, 6) is 0.661. The third-order valence-electron chi connectivity index (χ3n) is 4.07. The number of H-pyrrole nitrogens is 1. The Labute approximate surface area is 157 Å². The molecule has 1 heterocycles. The van der Waals surface area contributed by atoms with Gasteiger partial charge in [0.25, 0.3) is 5.91 Å². The number of amides is 1. The van der Waals surface area contributed by atoms with Gasteiger partial charge < -0.3 is 10.3 Å². The highest BCUT2D eigenvalue weighted by Crippen LogP contribution is 2.24. The van der Waals surface area contributed by atoms with E-state index in [0.29, 0.717) is 5.56 Å². The first-order valence-electron chi connectivity index (χ1n) is 8.12. The van der Waals surface area contributed by atoms with Gasteiger partial charge in [0.05, 0.1) is 11.0 Å². The van der Waals surface area contributed by atoms with E-state index in [1.54, 1.807) is 12.1 Å². The van der Waals surface area contributed by atoms with Crippen molar-refractivity contribution in [2.24, 2.45) is 0 Å². The second kappa shape index (κ2) is 7.42. The lowest BCUT2D eigenvalue weighted by Gasteiger charge is -2.06. The van der Waals surface area contributed by atoms with Gasteiger partial charge in [-0.3, -0.25) is 4.79 Å². The van der Waals surface area contributed by atoms with Gasteiger partial charge >= 0.3 is 0 Å². The van der Waals surface area contributed by atoms with Crippen molar-refractivity contribution in [2.45, 2.75) is 6.92 Å². The molecule has 4 nitrogen and oxygen atoms in total. The van der Waals surface area contributed by atoms with Gasteiger partial charge in [-0.1, -0.05) is 36.4 Å². The molecule has 0 unspecified atom stereocenters. The van der Waals surface area contributed by atoms with Crippen LogP contribution in [0.1, 0.15) is 15.9 Å². The van der Waals surface area contributed by atoms with Crippen LogP contribution in [0.15, 0.2) is 72.8 Å². The summed E-state index contributed by atoms with van der Waals surface area (Å²) in [6.07, 6.45) is 0. The van der Waals surface area contributed by atoms with Crippen molar-refractivity contribution in [1.82, 2.24) is 9.97 Å². The standard InChI is InChI=1S/C21H17N3O.ClH/c1-14-10-11-18-19(12-14)24-20(23-18)16-8-5-9-17(13-16)22-21(25)15-6-3-2-4-7-15;/h2-13H,1H3,(H,22,25)(H,23,24);1H. The molecule has 130 valence electrons. The maximum atomic E-state index is 12.3. The number of nitrogens with zero attached hydrogens (tertiary/aromatic N) is 1. The summed E-state index contributed by atoms with van der Waals surface area (Å²) in [5.41, 5.74) is 5.43. The average molecular weight is 364 g/mol. The van der Waals surface area contributed by atoms with Crippen molar-refractivity contribution in [3.05, 3.63) is 83.9 Å². The Morgan fingerprint density at radius 1 is 0.962 bits per heavy atom. The van der Waals surface area contributed by atoms with Crippen molar-refractivity contribution >= 4 is 35.0 Å². The summed E-state index contributed by atoms with van der Waals surface area (Å²) in [6, 6.07) is 23.0. The normalized spacial score (nSPS) is 10.3. The summed E-state index contributed by atoms with van der Waals surface area (Å²) in [5, 5.41) is 2.93. The maximum Gasteiger partial charge on any atom is 0.255 e. The van der Waals surface area contributed by atoms with Crippen LogP contribution in [0.5, 0.6) is 0 Å². The summed E-state index contributed by atoms with van der Waals surface area (Å²) < 4.78 is 0. The first-order chi connectivity index (χ1) is 12.2. The average Bonchev–Trinajstić information content (AvgIpc) is 3.06. The Morgan fingerprint density at radius 3 is 2.58 bits per heavy atom. The van der Waals surface area contributed by atoms with E-state index in [4.69, 9.17) is 0 Å². The molecule has 0 saturated heterocycles. The highest BCUT2D eigenvalue weighted by molar-refractivity contribution is 6.04. The third kappa shape index (κ3) is 3.60. The summed E-state index contributed by atoms with van der Waals surface area (Å²) in [6.45, 7) is 2.06. The van der Waals surface area contributed by atoms with Crippen molar-refractivity contribution in [2.75, 3.05) is 5.32 Å². The van der Waals surface area contributed by atoms with Crippen LogP contribution in [0.4, 0.5) is 5.69 Å². The highest BCUT2D eigenvalue weighted by atomic mass is 35.5. The first-order valence-corrected chi connectivity index (χ1v) is 8.12. The van der Waals surface area contributed by atoms with E-state index in [0.717, 1.165) is 28.1 Å². The van der Waals surface area contributed by atoms with E-state index in [1.807, 2.05) is 54.6 Å². The molecule has 4 rings (SSSR count). The molecule has 1 aromatic heterocycles. The van der Waals surface area contributed by atoms with E-state index >= 15 is 0 Å². The number of anilines is 1. The number of carbonyl (C=O) groups excluding carboxylic acids is 1. The van der Waals surface area contributed by atoms with E-state index in [1.165, 1.54) is 5.56 Å². The molecule has 4 aromatic rings. The van der Waals surface area contributed by atoms with Gasteiger partial charge in [-0.25, -0.2) is 4.98 Å². The van der Waals surface area contributed by atoms with Gasteiger partial charge in [-0.05, 0) is 48.9 Å². The van der Waals surface area contributed by atoms with Crippen LogP contribution in [0.25, 0.3) is 22.4 Å². The number of benzene rings is 3. The Bertz CT molecular complexity index is 1060. The van der Waals surface area contributed by atoms with Crippen LogP contribution >= 0.6 is 12.4 Å². The lowest BCUT2D eigenvalue weighted by Crippen LogP contribution is -2.11. The zero-order chi connectivity index (χ0) is 17.2. The molecular weight excluding hydrogens is 346 g/mol. The first kappa shape index (κ1) is 17.7. The van der Waals surface area contributed by atoms with Crippen LogP contribution in [0.3, 0.4) is 0 Å². The predicted octanol–water partition coefficient (Wildman–Crippen LogP) is 5.21. The maximum absolute atomic E-state index is 12.3. The van der Waals surface area contributed by atoms with Gasteiger partial charge in [0.2, 0.25) is 0 Å². The number of rotatable bonds is 3. The Hall–Kier alpha value is -3.11. The van der Waals surface area contributed by atoms with Crippen molar-refractivity contribution < 1.29 is 4.79 Å². The van der Waals surface area contributed by atoms with E-state index < -0.39 is 0 Å². The number of carbonyl (C=O) groups is 1. The second-order valence-electron chi connectivity index (χ2n) is 6.01. The number of halogens is 1. The lowest BCUT2D eigenvalue weighted by molar-refractivity contribution is 0.102. The van der Waals surface area contributed by atoms with E-state index in [-0.39, 0.29) is 18.3 Å². The monoisotopic (exact) mass is 363 g/mol. The number of hydrogen-bond donors (Lipinski definition) is 2. The predicted molar refractivity (Wildman–Crippen MR) is 108 cm³/mol. The minimum Gasteiger partial charge on any atom is -0.338 e. The van der Waals surface area contributed by atoms with Crippen molar-refractivity contribution in [1.29, 1.82) is 0 Å². The van der Waals surface area contributed by atoms with Crippen LogP contribution in [0.2, 0.25) is 0 Å². The van der Waals surface area contributed by atoms with Crippen molar-refractivity contribution in [3.63, 3.8) is 0 Å². The molecule has 2 N–H and O–H groups in total. The molecule has 0 bridgehead atoms. The molecule has 3 aromatic carbocycles. The van der Waals surface area contributed by atoms with Gasteiger partial charge in [-0.15, -0.1) is 12.4 Å². The number of nitrogens with one attached hydrogen (secondary N) is 2. The fourth-order valence-corrected chi connectivity index (χ4v) is 2.80. The summed E-state index contributed by atoms with van der Waals surface area (Å²) >= 11 is 0. The molecule has 26 heavy (non-hydrogen) atoms.